The molecule has 232 valence electrons. The number of esters is 1. The fraction of sp³-hybridized carbons (Fsp3) is 0.567. The largest absolute Gasteiger partial charge is 0.461 e. The smallest absolute Gasteiger partial charge is 0.407 e. The molecule has 43 heavy (non-hydrogen) atoms. The van der Waals surface area contributed by atoms with E-state index in [1.165, 1.54) is 11.8 Å². The highest BCUT2D eigenvalue weighted by molar-refractivity contribution is 7.99. The summed E-state index contributed by atoms with van der Waals surface area (Å²) in [5, 5.41) is 4.15. The Bertz CT molecular complexity index is 1530. The van der Waals surface area contributed by atoms with Crippen molar-refractivity contribution in [3.63, 3.8) is 0 Å². The summed E-state index contributed by atoms with van der Waals surface area (Å²) in [5.41, 5.74) is 1.51. The van der Waals surface area contributed by atoms with Crippen LogP contribution in [-0.2, 0) is 14.2 Å². The van der Waals surface area contributed by atoms with Gasteiger partial charge in [-0.2, -0.15) is 0 Å². The predicted octanol–water partition coefficient (Wildman–Crippen LogP) is 5.62. The van der Waals surface area contributed by atoms with E-state index in [2.05, 4.69) is 15.2 Å². The third-order valence-corrected chi connectivity index (χ3v) is 9.45. The summed E-state index contributed by atoms with van der Waals surface area (Å²) in [6, 6.07) is 1.71. The number of rotatable bonds is 6. The number of nitrogens with zero attached hydrogens (tertiary/aromatic N) is 5. The number of hydrogen-bond donors (Lipinski definition) is 1. The number of halogens is 1. The first-order valence-corrected chi connectivity index (χ1v) is 15.7. The monoisotopic (exact) mass is 630 g/mol. The van der Waals surface area contributed by atoms with Gasteiger partial charge in [-0.05, 0) is 67.4 Å². The molecule has 3 aromatic rings. The van der Waals surface area contributed by atoms with Gasteiger partial charge in [-0.15, -0.1) is 0 Å². The SMILES string of the molecule is CCOC(=O)c1nc(Sc2ccn3cc(C)nc3c2Cl)c(C)nc1N1CCC2(CC1)CO[C@@H](C)[C@H]2NC(=O)OC(C)(C)C. The van der Waals surface area contributed by atoms with Crippen LogP contribution >= 0.6 is 23.4 Å². The fourth-order valence-corrected chi connectivity index (χ4v) is 6.92. The molecule has 0 saturated carbocycles. The van der Waals surface area contributed by atoms with E-state index < -0.39 is 17.7 Å². The highest BCUT2D eigenvalue weighted by atomic mass is 35.5. The van der Waals surface area contributed by atoms with Crippen molar-refractivity contribution in [2.75, 3.05) is 31.2 Å². The van der Waals surface area contributed by atoms with Gasteiger partial charge in [-0.25, -0.2) is 24.5 Å². The summed E-state index contributed by atoms with van der Waals surface area (Å²) >= 11 is 8.05. The Morgan fingerprint density at radius 2 is 1.93 bits per heavy atom. The minimum absolute atomic E-state index is 0.149. The quantitative estimate of drug-likeness (QED) is 0.344. The first kappa shape index (κ1) is 31.3. The van der Waals surface area contributed by atoms with Gasteiger partial charge in [0.25, 0.3) is 0 Å². The molecule has 1 amide bonds. The van der Waals surface area contributed by atoms with Crippen LogP contribution in [0.15, 0.2) is 28.4 Å². The number of nitrogens with one attached hydrogen (secondary N) is 1. The van der Waals surface area contributed by atoms with Crippen molar-refractivity contribution in [2.24, 2.45) is 5.41 Å². The van der Waals surface area contributed by atoms with Crippen LogP contribution < -0.4 is 10.2 Å². The summed E-state index contributed by atoms with van der Waals surface area (Å²) in [6.45, 7) is 15.0. The molecular formula is C30H39ClN6O5S. The molecule has 5 heterocycles. The molecule has 2 saturated heterocycles. The zero-order chi connectivity index (χ0) is 31.1. The molecule has 3 aromatic heterocycles. The molecule has 2 fully saturated rings. The van der Waals surface area contributed by atoms with Gasteiger partial charge in [-0.1, -0.05) is 23.4 Å². The van der Waals surface area contributed by atoms with Gasteiger partial charge >= 0.3 is 12.1 Å². The highest BCUT2D eigenvalue weighted by Gasteiger charge is 2.51. The lowest BCUT2D eigenvalue weighted by Gasteiger charge is -2.43. The van der Waals surface area contributed by atoms with Crippen LogP contribution in [0.5, 0.6) is 0 Å². The molecular weight excluding hydrogens is 592 g/mol. The Morgan fingerprint density at radius 3 is 2.60 bits per heavy atom. The van der Waals surface area contributed by atoms with E-state index in [4.69, 9.17) is 35.8 Å². The van der Waals surface area contributed by atoms with Crippen molar-refractivity contribution in [3.8, 4) is 0 Å². The molecule has 0 bridgehead atoms. The highest BCUT2D eigenvalue weighted by Crippen LogP contribution is 2.44. The maximum Gasteiger partial charge on any atom is 0.407 e. The van der Waals surface area contributed by atoms with Crippen LogP contribution in [0.3, 0.4) is 0 Å². The van der Waals surface area contributed by atoms with Crippen LogP contribution in [0.25, 0.3) is 5.65 Å². The van der Waals surface area contributed by atoms with E-state index in [1.54, 1.807) is 6.92 Å². The molecule has 2 aliphatic rings. The lowest BCUT2D eigenvalue weighted by Crippen LogP contribution is -2.55. The Kier molecular flexibility index (Phi) is 8.84. The number of alkyl carbamates (subject to hydrolysis) is 1. The van der Waals surface area contributed by atoms with Gasteiger partial charge < -0.3 is 28.8 Å². The standard InChI is InChI=1S/C30H39ClN6O5S/c1-8-40-27(38)22-25(33-18(3)26(34-22)43-20-9-12-37-15-17(2)32-24(37)21(20)31)36-13-10-30(11-14-36)16-41-19(4)23(30)35-28(39)42-29(5,6)7/h9,12,15,19,23H,8,10-11,13-14,16H2,1-7H3,(H,35,39)/t19-,23+/m0/s1. The van der Waals surface area contributed by atoms with E-state index in [-0.39, 0.29) is 29.9 Å². The van der Waals surface area contributed by atoms with E-state index in [9.17, 15) is 9.59 Å². The normalized spacial score (nSPS) is 20.0. The Hall–Kier alpha value is -3.09. The molecule has 2 atom stereocenters. The van der Waals surface area contributed by atoms with Crippen molar-refractivity contribution in [3.05, 3.63) is 40.6 Å². The van der Waals surface area contributed by atoms with Crippen LogP contribution in [-0.4, -0.2) is 75.5 Å². The van der Waals surface area contributed by atoms with Crippen LogP contribution in [0.2, 0.25) is 5.02 Å². The number of imidazole rings is 1. The van der Waals surface area contributed by atoms with E-state index in [1.807, 2.05) is 64.4 Å². The lowest BCUT2D eigenvalue weighted by molar-refractivity contribution is 0.0432. The van der Waals surface area contributed by atoms with E-state index in [0.29, 0.717) is 46.9 Å². The number of carbonyl (C=O) groups is 2. The number of hydrogen-bond acceptors (Lipinski definition) is 10. The lowest BCUT2D eigenvalue weighted by atomic mass is 9.73. The maximum absolute atomic E-state index is 13.2. The number of carbonyl (C=O) groups excluding carboxylic acids is 2. The van der Waals surface area contributed by atoms with Crippen molar-refractivity contribution in [1.29, 1.82) is 0 Å². The maximum atomic E-state index is 13.2. The number of fused-ring (bicyclic) bond motifs is 1. The third kappa shape index (κ3) is 6.56. The zero-order valence-electron chi connectivity index (χ0n) is 25.7. The number of piperidine rings is 1. The predicted molar refractivity (Wildman–Crippen MR) is 164 cm³/mol. The van der Waals surface area contributed by atoms with Crippen molar-refractivity contribution in [2.45, 2.75) is 89.0 Å². The number of aryl methyl sites for hydroxylation is 2. The molecule has 1 N–H and O–H groups in total. The summed E-state index contributed by atoms with van der Waals surface area (Å²) in [7, 11) is 0. The van der Waals surface area contributed by atoms with E-state index >= 15 is 0 Å². The van der Waals surface area contributed by atoms with Gasteiger partial charge in [0.05, 0.1) is 41.8 Å². The molecule has 0 unspecified atom stereocenters. The second-order valence-corrected chi connectivity index (χ2v) is 13.6. The van der Waals surface area contributed by atoms with Crippen LogP contribution in [0, 0.1) is 19.3 Å². The second kappa shape index (κ2) is 12.1. The summed E-state index contributed by atoms with van der Waals surface area (Å²) in [4.78, 5) is 42.8. The number of anilines is 1. The number of amides is 1. The van der Waals surface area contributed by atoms with Gasteiger partial charge in [0.2, 0.25) is 0 Å². The zero-order valence-corrected chi connectivity index (χ0v) is 27.3. The Balaban J connectivity index is 1.39. The van der Waals surface area contributed by atoms with Gasteiger partial charge in [-0.3, -0.25) is 0 Å². The van der Waals surface area contributed by atoms with Crippen molar-refractivity contribution in [1.82, 2.24) is 24.7 Å². The van der Waals surface area contributed by atoms with Gasteiger partial charge in [0.1, 0.15) is 10.6 Å². The fourth-order valence-electron chi connectivity index (χ4n) is 5.76. The average molecular weight is 631 g/mol. The minimum atomic E-state index is -0.593. The Labute approximate surface area is 261 Å². The third-order valence-electron chi connectivity index (χ3n) is 7.83. The topological polar surface area (TPSA) is 120 Å². The molecule has 2 aliphatic heterocycles. The van der Waals surface area contributed by atoms with E-state index in [0.717, 1.165) is 23.4 Å². The summed E-state index contributed by atoms with van der Waals surface area (Å²) in [6.07, 6.45) is 4.68. The molecule has 0 aromatic carbocycles. The van der Waals surface area contributed by atoms with Crippen LogP contribution in [0.4, 0.5) is 10.6 Å². The molecule has 1 spiro atoms. The second-order valence-electron chi connectivity index (χ2n) is 12.2. The number of ether oxygens (including phenoxy) is 3. The van der Waals surface area contributed by atoms with Crippen molar-refractivity contribution >= 4 is 46.9 Å². The summed E-state index contributed by atoms with van der Waals surface area (Å²) < 4.78 is 18.9. The minimum Gasteiger partial charge on any atom is -0.461 e. The molecule has 11 nitrogen and oxygen atoms in total. The van der Waals surface area contributed by atoms with Crippen LogP contribution in [0.1, 0.15) is 69.3 Å². The first-order chi connectivity index (χ1) is 20.3. The number of aromatic nitrogens is 4. The Morgan fingerprint density at radius 1 is 1.21 bits per heavy atom. The molecule has 0 radical (unpaired) electrons. The summed E-state index contributed by atoms with van der Waals surface area (Å²) in [5.74, 6) is -0.0379. The molecule has 0 aliphatic carbocycles. The first-order valence-electron chi connectivity index (χ1n) is 14.5. The van der Waals surface area contributed by atoms with Crippen molar-refractivity contribution < 1.29 is 23.8 Å². The molecule has 13 heteroatoms. The average Bonchev–Trinajstić information content (AvgIpc) is 3.46. The number of pyridine rings is 1. The molecule has 5 rings (SSSR count). The van der Waals surface area contributed by atoms with Gasteiger partial charge in [0, 0.05) is 35.8 Å². The van der Waals surface area contributed by atoms with Gasteiger partial charge in [0.15, 0.2) is 17.2 Å².